The molecule has 1 amide bonds. The fourth-order valence-electron chi connectivity index (χ4n) is 2.68. The first-order valence-electron chi connectivity index (χ1n) is 9.34. The Kier molecular flexibility index (Phi) is 11.1. The van der Waals surface area contributed by atoms with Crippen LogP contribution in [0.4, 0.5) is 5.69 Å². The highest BCUT2D eigenvalue weighted by Crippen LogP contribution is 2.12. The highest BCUT2D eigenvalue weighted by atomic mass is 127. The number of amides is 1. The molecule has 0 spiro atoms. The summed E-state index contributed by atoms with van der Waals surface area (Å²) in [5.41, 5.74) is 6.43. The van der Waals surface area contributed by atoms with Crippen LogP contribution in [-0.2, 0) is 6.54 Å². The van der Waals surface area contributed by atoms with Crippen molar-refractivity contribution in [2.75, 3.05) is 31.1 Å². The van der Waals surface area contributed by atoms with Crippen LogP contribution in [-0.4, -0.2) is 38.0 Å². The van der Waals surface area contributed by atoms with Crippen LogP contribution >= 0.6 is 24.0 Å². The van der Waals surface area contributed by atoms with E-state index in [0.717, 1.165) is 38.6 Å². The van der Waals surface area contributed by atoms with Crippen molar-refractivity contribution in [2.24, 2.45) is 10.7 Å². The van der Waals surface area contributed by atoms with E-state index in [1.54, 1.807) is 12.1 Å². The van der Waals surface area contributed by atoms with Gasteiger partial charge in [0.25, 0.3) is 5.91 Å². The molecule has 1 aromatic carbocycles. The first-order valence-corrected chi connectivity index (χ1v) is 9.34. The lowest BCUT2D eigenvalue weighted by molar-refractivity contribution is 0.0972. The van der Waals surface area contributed by atoms with Crippen molar-refractivity contribution in [1.29, 1.82) is 0 Å². The van der Waals surface area contributed by atoms with E-state index < -0.39 is 5.91 Å². The van der Waals surface area contributed by atoms with Crippen molar-refractivity contribution in [2.45, 2.75) is 26.8 Å². The molecule has 0 bridgehead atoms. The molecule has 28 heavy (non-hydrogen) atoms. The van der Waals surface area contributed by atoms with Gasteiger partial charge < -0.3 is 25.7 Å². The number of hydrogen-bond acceptors (Lipinski definition) is 4. The number of halogens is 1. The molecule has 0 atom stereocenters. The third-order valence-corrected chi connectivity index (χ3v) is 4.04. The molecular formula is C20H30IN5O2. The number of nitrogens with two attached hydrogens (primary N) is 1. The van der Waals surface area contributed by atoms with Crippen molar-refractivity contribution in [3.8, 4) is 0 Å². The van der Waals surface area contributed by atoms with Crippen LogP contribution in [0.3, 0.4) is 0 Å². The van der Waals surface area contributed by atoms with Crippen LogP contribution in [0.1, 0.15) is 36.6 Å². The van der Waals surface area contributed by atoms with Gasteiger partial charge in [0.2, 0.25) is 0 Å². The molecule has 2 rings (SSSR count). The predicted molar refractivity (Wildman–Crippen MR) is 124 cm³/mol. The monoisotopic (exact) mass is 499 g/mol. The summed E-state index contributed by atoms with van der Waals surface area (Å²) in [7, 11) is 0. The Hall–Kier alpha value is -2.23. The fraction of sp³-hybridized carbons (Fsp3) is 0.400. The molecule has 4 N–H and O–H groups in total. The van der Waals surface area contributed by atoms with Crippen molar-refractivity contribution < 1.29 is 9.21 Å². The zero-order chi connectivity index (χ0) is 19.5. The highest BCUT2D eigenvalue weighted by molar-refractivity contribution is 14.0. The van der Waals surface area contributed by atoms with E-state index in [2.05, 4.69) is 51.7 Å². The molecule has 0 fully saturated rings. The summed E-state index contributed by atoms with van der Waals surface area (Å²) in [6.45, 7) is 8.03. The van der Waals surface area contributed by atoms with Gasteiger partial charge in [-0.3, -0.25) is 4.79 Å². The second kappa shape index (κ2) is 13.0. The van der Waals surface area contributed by atoms with E-state index in [1.807, 2.05) is 13.0 Å². The SMILES string of the molecule is CCNC(=NCc1ccc(C(N)=O)o1)NCCCN(CC)c1ccccc1.I. The number of furan rings is 1. The average Bonchev–Trinajstić information content (AvgIpc) is 3.16. The van der Waals surface area contributed by atoms with E-state index in [-0.39, 0.29) is 29.7 Å². The Balaban J connectivity index is 0.00000392. The van der Waals surface area contributed by atoms with Gasteiger partial charge in [-0.15, -0.1) is 24.0 Å². The van der Waals surface area contributed by atoms with Gasteiger partial charge in [0.15, 0.2) is 11.7 Å². The maximum Gasteiger partial charge on any atom is 0.284 e. The van der Waals surface area contributed by atoms with Gasteiger partial charge in [-0.25, -0.2) is 4.99 Å². The minimum atomic E-state index is -0.575. The molecular weight excluding hydrogens is 469 g/mol. The molecule has 154 valence electrons. The topological polar surface area (TPSA) is 95.9 Å². The molecule has 0 aliphatic rings. The van der Waals surface area contributed by atoms with Gasteiger partial charge >= 0.3 is 0 Å². The minimum Gasteiger partial charge on any atom is -0.454 e. The third-order valence-electron chi connectivity index (χ3n) is 4.04. The summed E-state index contributed by atoms with van der Waals surface area (Å²) in [6.07, 6.45) is 0.986. The predicted octanol–water partition coefficient (Wildman–Crippen LogP) is 2.97. The van der Waals surface area contributed by atoms with Gasteiger partial charge in [0.05, 0.1) is 0 Å². The maximum absolute atomic E-state index is 11.1. The van der Waals surface area contributed by atoms with Crippen LogP contribution in [0, 0.1) is 0 Å². The smallest absolute Gasteiger partial charge is 0.284 e. The van der Waals surface area contributed by atoms with E-state index in [9.17, 15) is 4.79 Å². The number of rotatable bonds is 10. The van der Waals surface area contributed by atoms with Gasteiger partial charge in [0, 0.05) is 31.9 Å². The standard InChI is InChI=1S/C20H29N5O2.HI/c1-3-22-20(24-15-17-11-12-18(27-17)19(21)26)23-13-8-14-25(4-2)16-9-6-5-7-10-16;/h5-7,9-12H,3-4,8,13-15H2,1-2H3,(H2,21,26)(H2,22,23,24);1H. The second-order valence-corrected chi connectivity index (χ2v) is 6.02. The molecule has 0 aliphatic heterocycles. The van der Waals surface area contributed by atoms with Gasteiger partial charge in [0.1, 0.15) is 12.3 Å². The van der Waals surface area contributed by atoms with Crippen molar-refractivity contribution in [3.05, 3.63) is 54.0 Å². The van der Waals surface area contributed by atoms with Crippen molar-refractivity contribution in [1.82, 2.24) is 10.6 Å². The number of carbonyl (C=O) groups excluding carboxylic acids is 1. The minimum absolute atomic E-state index is 0. The number of para-hydroxylation sites is 1. The number of carbonyl (C=O) groups is 1. The van der Waals surface area contributed by atoms with E-state index >= 15 is 0 Å². The lowest BCUT2D eigenvalue weighted by atomic mass is 10.2. The normalized spacial score (nSPS) is 10.9. The Labute approximate surface area is 183 Å². The Morgan fingerprint density at radius 2 is 1.89 bits per heavy atom. The first kappa shape index (κ1) is 23.8. The molecule has 1 aromatic heterocycles. The molecule has 8 heteroatoms. The Morgan fingerprint density at radius 1 is 1.14 bits per heavy atom. The summed E-state index contributed by atoms with van der Waals surface area (Å²) in [5, 5.41) is 6.54. The zero-order valence-corrected chi connectivity index (χ0v) is 18.8. The molecule has 0 saturated carbocycles. The molecule has 2 aromatic rings. The maximum atomic E-state index is 11.1. The molecule has 7 nitrogen and oxygen atoms in total. The van der Waals surface area contributed by atoms with Crippen LogP contribution < -0.4 is 21.3 Å². The molecule has 0 aliphatic carbocycles. The number of nitrogens with one attached hydrogen (secondary N) is 2. The summed E-state index contributed by atoms with van der Waals surface area (Å²) >= 11 is 0. The lowest BCUT2D eigenvalue weighted by Crippen LogP contribution is -2.38. The van der Waals surface area contributed by atoms with Crippen molar-refractivity contribution >= 4 is 41.5 Å². The highest BCUT2D eigenvalue weighted by Gasteiger charge is 2.07. The van der Waals surface area contributed by atoms with Gasteiger partial charge in [-0.05, 0) is 44.5 Å². The van der Waals surface area contributed by atoms with Crippen LogP contribution in [0.2, 0.25) is 0 Å². The van der Waals surface area contributed by atoms with Crippen molar-refractivity contribution in [3.63, 3.8) is 0 Å². The number of benzene rings is 1. The van der Waals surface area contributed by atoms with Gasteiger partial charge in [-0.2, -0.15) is 0 Å². The number of nitrogens with zero attached hydrogens (tertiary/aromatic N) is 2. The summed E-state index contributed by atoms with van der Waals surface area (Å²) < 4.78 is 5.35. The van der Waals surface area contributed by atoms with Gasteiger partial charge in [-0.1, -0.05) is 18.2 Å². The van der Waals surface area contributed by atoms with E-state index in [4.69, 9.17) is 10.2 Å². The number of hydrogen-bond donors (Lipinski definition) is 3. The summed E-state index contributed by atoms with van der Waals surface area (Å²) in [5.74, 6) is 0.896. The Bertz CT molecular complexity index is 733. The molecule has 0 unspecified atom stereocenters. The van der Waals surface area contributed by atoms with E-state index in [0.29, 0.717) is 12.3 Å². The second-order valence-electron chi connectivity index (χ2n) is 6.02. The average molecular weight is 499 g/mol. The lowest BCUT2D eigenvalue weighted by Gasteiger charge is -2.23. The largest absolute Gasteiger partial charge is 0.454 e. The molecule has 0 saturated heterocycles. The van der Waals surface area contributed by atoms with E-state index in [1.165, 1.54) is 5.69 Å². The number of anilines is 1. The number of aliphatic imine (C=N–C) groups is 1. The first-order chi connectivity index (χ1) is 13.1. The summed E-state index contributed by atoms with van der Waals surface area (Å²) in [4.78, 5) is 17.9. The molecule has 0 radical (unpaired) electrons. The fourth-order valence-corrected chi connectivity index (χ4v) is 2.68. The zero-order valence-electron chi connectivity index (χ0n) is 16.5. The third kappa shape index (κ3) is 7.79. The van der Waals surface area contributed by atoms with Crippen LogP contribution in [0.15, 0.2) is 51.9 Å². The number of guanidine groups is 1. The Morgan fingerprint density at radius 3 is 2.50 bits per heavy atom. The number of primary amides is 1. The quantitative estimate of drug-likeness (QED) is 0.202. The summed E-state index contributed by atoms with van der Waals surface area (Å²) in [6, 6.07) is 13.7. The van der Waals surface area contributed by atoms with Crippen LogP contribution in [0.5, 0.6) is 0 Å². The van der Waals surface area contributed by atoms with Crippen LogP contribution in [0.25, 0.3) is 0 Å². The molecule has 1 heterocycles.